The first kappa shape index (κ1) is 14.8. The molecule has 0 saturated heterocycles. The molecule has 3 N–H and O–H groups in total. The summed E-state index contributed by atoms with van der Waals surface area (Å²) in [6.45, 7) is 7.15. The molecule has 1 aromatic carbocycles. The largest absolute Gasteiger partial charge is 0.508 e. The third kappa shape index (κ3) is 3.89. The van der Waals surface area contributed by atoms with E-state index in [4.69, 9.17) is 0 Å². The highest BCUT2D eigenvalue weighted by Gasteiger charge is 2.21. The highest BCUT2D eigenvalue weighted by Crippen LogP contribution is 2.25. The molecule has 0 aromatic heterocycles. The highest BCUT2D eigenvalue weighted by molar-refractivity contribution is 5.37. The van der Waals surface area contributed by atoms with Crippen LogP contribution in [0, 0.1) is 0 Å². The van der Waals surface area contributed by atoms with Crippen LogP contribution in [0.25, 0.3) is 0 Å². The zero-order valence-electron chi connectivity index (χ0n) is 11.9. The van der Waals surface area contributed by atoms with E-state index in [1.54, 1.807) is 12.1 Å². The Morgan fingerprint density at radius 3 is 2.11 bits per heavy atom. The summed E-state index contributed by atoms with van der Waals surface area (Å²) in [5.41, 5.74) is 0.926. The van der Waals surface area contributed by atoms with Crippen molar-refractivity contribution in [2.75, 3.05) is 20.6 Å². The maximum absolute atomic E-state index is 9.46. The van der Waals surface area contributed by atoms with Gasteiger partial charge < -0.3 is 20.4 Å². The van der Waals surface area contributed by atoms with Crippen molar-refractivity contribution in [1.82, 2.24) is 10.2 Å². The predicted octanol–water partition coefficient (Wildman–Crippen LogP) is 2.09. The molecule has 0 amide bonds. The molecule has 0 aliphatic rings. The Balaban J connectivity index is 2.68. The summed E-state index contributed by atoms with van der Waals surface area (Å²) in [6.07, 6.45) is 0. The zero-order valence-corrected chi connectivity index (χ0v) is 11.9. The summed E-state index contributed by atoms with van der Waals surface area (Å²) in [5, 5.41) is 22.3. The van der Waals surface area contributed by atoms with Gasteiger partial charge in [-0.25, -0.2) is 0 Å². The number of benzene rings is 1. The minimum absolute atomic E-state index is 0.0487. The lowest BCUT2D eigenvalue weighted by Crippen LogP contribution is -2.47. The van der Waals surface area contributed by atoms with Crippen LogP contribution in [0.3, 0.4) is 0 Å². The van der Waals surface area contributed by atoms with Crippen molar-refractivity contribution in [3.63, 3.8) is 0 Å². The normalized spacial score (nSPS) is 13.9. The van der Waals surface area contributed by atoms with Gasteiger partial charge in [-0.05, 0) is 52.6 Å². The van der Waals surface area contributed by atoms with Gasteiger partial charge in [0.2, 0.25) is 0 Å². The van der Waals surface area contributed by atoms with Crippen LogP contribution in [0.4, 0.5) is 0 Å². The molecule has 1 unspecified atom stereocenters. The topological polar surface area (TPSA) is 55.7 Å². The van der Waals surface area contributed by atoms with Crippen molar-refractivity contribution >= 4 is 0 Å². The van der Waals surface area contributed by atoms with Crippen LogP contribution < -0.4 is 5.32 Å². The second-order valence-corrected chi connectivity index (χ2v) is 5.59. The van der Waals surface area contributed by atoms with E-state index in [0.717, 1.165) is 12.1 Å². The van der Waals surface area contributed by atoms with Crippen molar-refractivity contribution in [2.45, 2.75) is 32.4 Å². The highest BCUT2D eigenvalue weighted by atomic mass is 16.3. The first-order valence-corrected chi connectivity index (χ1v) is 6.16. The number of nitrogens with zero attached hydrogens (tertiary/aromatic N) is 1. The molecule has 1 rings (SSSR count). The van der Waals surface area contributed by atoms with E-state index >= 15 is 0 Å². The summed E-state index contributed by atoms with van der Waals surface area (Å²) in [7, 11) is 4.10. The lowest BCUT2D eigenvalue weighted by Gasteiger charge is -2.34. The Kier molecular flexibility index (Phi) is 4.59. The summed E-state index contributed by atoms with van der Waals surface area (Å²) >= 11 is 0. The van der Waals surface area contributed by atoms with Crippen LogP contribution in [0.1, 0.15) is 32.4 Å². The third-order valence-corrected chi connectivity index (χ3v) is 3.48. The Hall–Kier alpha value is -1.26. The van der Waals surface area contributed by atoms with E-state index in [1.165, 1.54) is 6.07 Å². The van der Waals surface area contributed by atoms with Crippen molar-refractivity contribution in [1.29, 1.82) is 0 Å². The van der Waals surface area contributed by atoms with Crippen LogP contribution in [-0.2, 0) is 0 Å². The molecule has 0 bridgehead atoms. The first-order valence-electron chi connectivity index (χ1n) is 6.16. The number of hydrogen-bond acceptors (Lipinski definition) is 4. The fourth-order valence-corrected chi connectivity index (χ4v) is 1.55. The van der Waals surface area contributed by atoms with Crippen molar-refractivity contribution in [2.24, 2.45) is 0 Å². The summed E-state index contributed by atoms with van der Waals surface area (Å²) < 4.78 is 0. The molecule has 18 heavy (non-hydrogen) atoms. The Morgan fingerprint density at radius 1 is 1.17 bits per heavy atom. The van der Waals surface area contributed by atoms with Gasteiger partial charge in [0.1, 0.15) is 11.5 Å². The molecule has 4 nitrogen and oxygen atoms in total. The van der Waals surface area contributed by atoms with Crippen LogP contribution in [0.15, 0.2) is 18.2 Å². The number of aromatic hydroxyl groups is 2. The molecule has 4 heteroatoms. The Labute approximate surface area is 109 Å². The van der Waals surface area contributed by atoms with Crippen LogP contribution in [0.5, 0.6) is 11.5 Å². The van der Waals surface area contributed by atoms with Crippen molar-refractivity contribution < 1.29 is 10.2 Å². The van der Waals surface area contributed by atoms with Crippen molar-refractivity contribution in [3.8, 4) is 11.5 Å². The fourth-order valence-electron chi connectivity index (χ4n) is 1.55. The summed E-state index contributed by atoms with van der Waals surface area (Å²) in [6, 6.07) is 4.74. The molecular formula is C14H24N2O2. The maximum Gasteiger partial charge on any atom is 0.119 e. The maximum atomic E-state index is 9.46. The Bertz CT molecular complexity index is 383. The molecule has 0 spiro atoms. The van der Waals surface area contributed by atoms with Gasteiger partial charge in [0.15, 0.2) is 0 Å². The second kappa shape index (κ2) is 5.59. The molecular weight excluding hydrogens is 228 g/mol. The fraction of sp³-hybridized carbons (Fsp3) is 0.571. The van der Waals surface area contributed by atoms with Gasteiger partial charge >= 0.3 is 0 Å². The zero-order chi connectivity index (χ0) is 13.9. The molecule has 0 aliphatic heterocycles. The molecule has 0 fully saturated rings. The van der Waals surface area contributed by atoms with E-state index in [-0.39, 0.29) is 23.1 Å². The lowest BCUT2D eigenvalue weighted by atomic mass is 10.0. The van der Waals surface area contributed by atoms with Gasteiger partial charge in [0.25, 0.3) is 0 Å². The number of hydrogen-bond donors (Lipinski definition) is 3. The van der Waals surface area contributed by atoms with Gasteiger partial charge in [0, 0.05) is 24.2 Å². The minimum Gasteiger partial charge on any atom is -0.508 e. The second-order valence-electron chi connectivity index (χ2n) is 5.59. The summed E-state index contributed by atoms with van der Waals surface area (Å²) in [4.78, 5) is 2.16. The predicted molar refractivity (Wildman–Crippen MR) is 74.0 cm³/mol. The summed E-state index contributed by atoms with van der Waals surface area (Å²) in [5.74, 6) is 0.177. The average molecular weight is 252 g/mol. The molecule has 0 saturated carbocycles. The van der Waals surface area contributed by atoms with E-state index in [2.05, 4.69) is 24.1 Å². The number of phenolic OH excluding ortho intramolecular Hbond substituents is 2. The van der Waals surface area contributed by atoms with Gasteiger partial charge in [-0.2, -0.15) is 0 Å². The smallest absolute Gasteiger partial charge is 0.119 e. The van der Waals surface area contributed by atoms with E-state index in [0.29, 0.717) is 0 Å². The first-order chi connectivity index (χ1) is 8.22. The molecule has 1 atom stereocenters. The van der Waals surface area contributed by atoms with Gasteiger partial charge in [-0.15, -0.1) is 0 Å². The molecule has 102 valence electrons. The number of rotatable bonds is 5. The van der Waals surface area contributed by atoms with Gasteiger partial charge in [-0.1, -0.05) is 0 Å². The Morgan fingerprint density at radius 2 is 1.67 bits per heavy atom. The molecule has 0 radical (unpaired) electrons. The SMILES string of the molecule is CC(NCC(C)(C)N(C)C)c1cc(O)cc(O)c1. The molecule has 0 heterocycles. The van der Waals surface area contributed by atoms with Crippen LogP contribution in [0.2, 0.25) is 0 Å². The quantitative estimate of drug-likeness (QED) is 0.751. The molecule has 1 aromatic rings. The van der Waals surface area contributed by atoms with Crippen molar-refractivity contribution in [3.05, 3.63) is 23.8 Å². The van der Waals surface area contributed by atoms with E-state index in [9.17, 15) is 10.2 Å². The van der Waals surface area contributed by atoms with E-state index in [1.807, 2.05) is 21.0 Å². The van der Waals surface area contributed by atoms with Crippen LogP contribution >= 0.6 is 0 Å². The van der Waals surface area contributed by atoms with Gasteiger partial charge in [-0.3, -0.25) is 0 Å². The number of nitrogens with one attached hydrogen (secondary N) is 1. The van der Waals surface area contributed by atoms with E-state index < -0.39 is 0 Å². The lowest BCUT2D eigenvalue weighted by molar-refractivity contribution is 0.185. The standard InChI is InChI=1S/C14H24N2O2/c1-10(15-9-14(2,3)16(4)5)11-6-12(17)8-13(18)7-11/h6-8,10,15,17-18H,9H2,1-5H3. The molecule has 0 aliphatic carbocycles. The monoisotopic (exact) mass is 252 g/mol. The minimum atomic E-state index is 0.0487. The van der Waals surface area contributed by atoms with Gasteiger partial charge in [0.05, 0.1) is 0 Å². The third-order valence-electron chi connectivity index (χ3n) is 3.48. The van der Waals surface area contributed by atoms with Crippen LogP contribution in [-0.4, -0.2) is 41.3 Å². The average Bonchev–Trinajstić information content (AvgIpc) is 2.24. The number of phenols is 2. The number of likely N-dealkylation sites (N-methyl/N-ethyl adjacent to an activating group) is 1.